The van der Waals surface area contributed by atoms with Gasteiger partial charge in [-0.05, 0) is 77.7 Å². The highest BCUT2D eigenvalue weighted by atomic mass is 127. The largest absolute Gasteiger partial charge is 0.458 e. The third-order valence-corrected chi connectivity index (χ3v) is 6.32. The van der Waals surface area contributed by atoms with Gasteiger partial charge in [0.25, 0.3) is 0 Å². The lowest BCUT2D eigenvalue weighted by Crippen LogP contribution is -2.53. The molecule has 3 aliphatic rings. The van der Waals surface area contributed by atoms with E-state index in [9.17, 15) is 9.90 Å². The van der Waals surface area contributed by atoms with Gasteiger partial charge in [-0.1, -0.05) is 42.5 Å². The number of esters is 1. The van der Waals surface area contributed by atoms with Crippen molar-refractivity contribution in [2.24, 2.45) is 5.92 Å². The van der Waals surface area contributed by atoms with Crippen molar-refractivity contribution in [2.75, 3.05) is 19.6 Å². The van der Waals surface area contributed by atoms with Crippen molar-refractivity contribution >= 4 is 28.6 Å². The third-order valence-electron chi connectivity index (χ3n) is 5.60. The number of benzene rings is 2. The standard InChI is InChI=1S/C21H22INO3/c22-18-8-6-17(7-9-18)21(25,16-4-2-1-3-5-16)20(24)26-19-14-23-12-10-15(19)11-13-23/h1-9,15,19,25H,10-14H2/t19-,21?/m1/s1. The summed E-state index contributed by atoms with van der Waals surface area (Å²) in [7, 11) is 0. The van der Waals surface area contributed by atoms with E-state index in [1.54, 1.807) is 24.3 Å². The van der Waals surface area contributed by atoms with E-state index in [-0.39, 0.29) is 6.10 Å². The van der Waals surface area contributed by atoms with Gasteiger partial charge in [0.15, 0.2) is 0 Å². The van der Waals surface area contributed by atoms with E-state index in [1.165, 1.54) is 0 Å². The minimum Gasteiger partial charge on any atom is -0.458 e. The van der Waals surface area contributed by atoms with Gasteiger partial charge in [0.1, 0.15) is 6.10 Å². The first-order chi connectivity index (χ1) is 12.6. The molecule has 3 aliphatic heterocycles. The lowest BCUT2D eigenvalue weighted by molar-refractivity contribution is -0.177. The van der Waals surface area contributed by atoms with Crippen LogP contribution in [-0.2, 0) is 15.1 Å². The average molecular weight is 463 g/mol. The molecule has 5 heteroatoms. The summed E-state index contributed by atoms with van der Waals surface area (Å²) in [6.07, 6.45) is 1.99. The second-order valence-corrected chi connectivity index (χ2v) is 8.41. The van der Waals surface area contributed by atoms with E-state index in [0.717, 1.165) is 36.0 Å². The summed E-state index contributed by atoms with van der Waals surface area (Å²) in [6.45, 7) is 2.94. The molecular formula is C21H22INO3. The number of carbonyl (C=O) groups is 1. The lowest BCUT2D eigenvalue weighted by Gasteiger charge is -2.44. The summed E-state index contributed by atoms with van der Waals surface area (Å²) in [6, 6.07) is 16.5. The number of piperidine rings is 3. The van der Waals surface area contributed by atoms with Crippen LogP contribution >= 0.6 is 22.6 Å². The number of hydrogen-bond acceptors (Lipinski definition) is 4. The molecule has 2 aromatic carbocycles. The first kappa shape index (κ1) is 17.9. The molecule has 0 saturated carbocycles. The first-order valence-corrected chi connectivity index (χ1v) is 10.1. The van der Waals surface area contributed by atoms with Gasteiger partial charge in [-0.3, -0.25) is 4.90 Å². The number of aliphatic hydroxyl groups is 1. The molecule has 0 aliphatic carbocycles. The van der Waals surface area contributed by atoms with E-state index in [2.05, 4.69) is 27.5 Å². The van der Waals surface area contributed by atoms with Gasteiger partial charge in [0, 0.05) is 10.1 Å². The molecule has 136 valence electrons. The second kappa shape index (κ2) is 7.29. The highest BCUT2D eigenvalue weighted by Gasteiger charge is 2.45. The smallest absolute Gasteiger partial charge is 0.348 e. The second-order valence-electron chi connectivity index (χ2n) is 7.17. The zero-order chi connectivity index (χ0) is 18.1. The van der Waals surface area contributed by atoms with Gasteiger partial charge < -0.3 is 9.84 Å². The zero-order valence-corrected chi connectivity index (χ0v) is 16.6. The minimum absolute atomic E-state index is 0.135. The first-order valence-electron chi connectivity index (χ1n) is 9.05. The summed E-state index contributed by atoms with van der Waals surface area (Å²) >= 11 is 2.21. The minimum atomic E-state index is -1.79. The molecule has 1 N–H and O–H groups in total. The quantitative estimate of drug-likeness (QED) is 0.559. The predicted octanol–water partition coefficient (Wildman–Crippen LogP) is 3.16. The van der Waals surface area contributed by atoms with Crippen LogP contribution in [0.4, 0.5) is 0 Å². The van der Waals surface area contributed by atoms with Crippen molar-refractivity contribution in [3.8, 4) is 0 Å². The Labute approximate surface area is 167 Å². The molecule has 4 nitrogen and oxygen atoms in total. The van der Waals surface area contributed by atoms with Crippen LogP contribution in [0.3, 0.4) is 0 Å². The van der Waals surface area contributed by atoms with E-state index in [4.69, 9.17) is 4.74 Å². The maximum Gasteiger partial charge on any atom is 0.348 e. The fraction of sp³-hybridized carbons (Fsp3) is 0.381. The molecule has 0 radical (unpaired) electrons. The Balaban J connectivity index is 1.66. The maximum absolute atomic E-state index is 13.2. The van der Waals surface area contributed by atoms with Crippen LogP contribution in [0.15, 0.2) is 54.6 Å². The third kappa shape index (κ3) is 3.28. The van der Waals surface area contributed by atoms with Crippen molar-refractivity contribution in [2.45, 2.75) is 24.5 Å². The molecule has 1 unspecified atom stereocenters. The number of nitrogens with zero attached hydrogens (tertiary/aromatic N) is 1. The Hall–Kier alpha value is -1.44. The number of ether oxygens (including phenoxy) is 1. The molecule has 3 saturated heterocycles. The van der Waals surface area contributed by atoms with E-state index in [0.29, 0.717) is 17.0 Å². The van der Waals surface area contributed by atoms with Crippen molar-refractivity contribution in [1.29, 1.82) is 0 Å². The van der Waals surface area contributed by atoms with Crippen molar-refractivity contribution in [1.82, 2.24) is 4.90 Å². The number of carbonyl (C=O) groups excluding carboxylic acids is 1. The van der Waals surface area contributed by atoms with Crippen LogP contribution < -0.4 is 0 Å². The SMILES string of the molecule is O=C(O[C@@H]1CN2CCC1CC2)C(O)(c1ccccc1)c1ccc(I)cc1. The van der Waals surface area contributed by atoms with Crippen molar-refractivity contribution in [3.05, 3.63) is 69.3 Å². The van der Waals surface area contributed by atoms with Crippen LogP contribution in [0, 0.1) is 9.49 Å². The highest BCUT2D eigenvalue weighted by molar-refractivity contribution is 14.1. The number of rotatable bonds is 4. The van der Waals surface area contributed by atoms with Crippen LogP contribution in [0.1, 0.15) is 24.0 Å². The van der Waals surface area contributed by atoms with Gasteiger partial charge in [-0.15, -0.1) is 0 Å². The Morgan fingerprint density at radius 1 is 1.04 bits per heavy atom. The molecule has 5 rings (SSSR count). The molecule has 0 amide bonds. The summed E-state index contributed by atoms with van der Waals surface area (Å²) in [4.78, 5) is 15.5. The van der Waals surface area contributed by atoms with E-state index >= 15 is 0 Å². The lowest BCUT2D eigenvalue weighted by atomic mass is 9.84. The molecule has 3 heterocycles. The molecule has 0 spiro atoms. The Kier molecular flexibility index (Phi) is 5.03. The van der Waals surface area contributed by atoms with Gasteiger partial charge in [-0.2, -0.15) is 0 Å². The van der Waals surface area contributed by atoms with Crippen LogP contribution in [0.5, 0.6) is 0 Å². The normalized spacial score (nSPS) is 26.9. The molecule has 2 aromatic rings. The highest BCUT2D eigenvalue weighted by Crippen LogP contribution is 2.35. The molecule has 2 bridgehead atoms. The monoisotopic (exact) mass is 463 g/mol. The Morgan fingerprint density at radius 3 is 2.23 bits per heavy atom. The maximum atomic E-state index is 13.2. The van der Waals surface area contributed by atoms with Gasteiger partial charge >= 0.3 is 5.97 Å². The molecule has 26 heavy (non-hydrogen) atoms. The fourth-order valence-electron chi connectivity index (χ4n) is 4.04. The van der Waals surface area contributed by atoms with Gasteiger partial charge in [-0.25, -0.2) is 4.79 Å². The van der Waals surface area contributed by atoms with Crippen LogP contribution in [0.2, 0.25) is 0 Å². The van der Waals surface area contributed by atoms with Gasteiger partial charge in [0.2, 0.25) is 5.60 Å². The topological polar surface area (TPSA) is 49.8 Å². The molecular weight excluding hydrogens is 441 g/mol. The molecule has 0 aromatic heterocycles. The van der Waals surface area contributed by atoms with Crippen molar-refractivity contribution in [3.63, 3.8) is 0 Å². The Morgan fingerprint density at radius 2 is 1.65 bits per heavy atom. The van der Waals surface area contributed by atoms with Crippen LogP contribution in [-0.4, -0.2) is 41.7 Å². The van der Waals surface area contributed by atoms with E-state index in [1.807, 2.05) is 30.3 Å². The van der Waals surface area contributed by atoms with Gasteiger partial charge in [0.05, 0.1) is 0 Å². The Bertz CT molecular complexity index is 772. The number of halogens is 1. The summed E-state index contributed by atoms with van der Waals surface area (Å²) in [5, 5.41) is 11.5. The predicted molar refractivity (Wildman–Crippen MR) is 108 cm³/mol. The fourth-order valence-corrected chi connectivity index (χ4v) is 4.40. The number of fused-ring (bicyclic) bond motifs is 3. The average Bonchev–Trinajstić information content (AvgIpc) is 2.69. The molecule has 2 atom stereocenters. The van der Waals surface area contributed by atoms with E-state index < -0.39 is 11.6 Å². The molecule has 3 fully saturated rings. The van der Waals surface area contributed by atoms with Crippen LogP contribution in [0.25, 0.3) is 0 Å². The van der Waals surface area contributed by atoms with Crippen molar-refractivity contribution < 1.29 is 14.6 Å². The summed E-state index contributed by atoms with van der Waals surface area (Å²) in [5.41, 5.74) is -0.722. The summed E-state index contributed by atoms with van der Waals surface area (Å²) < 4.78 is 6.95. The zero-order valence-electron chi connectivity index (χ0n) is 14.5. The summed E-state index contributed by atoms with van der Waals surface area (Å²) in [5.74, 6) is -0.177. The number of hydrogen-bond donors (Lipinski definition) is 1.